The quantitative estimate of drug-likeness (QED) is 0.422. The van der Waals surface area contributed by atoms with E-state index in [1.54, 1.807) is 36.6 Å². The third-order valence-electron chi connectivity index (χ3n) is 3.99. The fourth-order valence-electron chi connectivity index (χ4n) is 2.65. The van der Waals surface area contributed by atoms with Gasteiger partial charge < -0.3 is 14.3 Å². The molecule has 6 nitrogen and oxygen atoms in total. The Hall–Kier alpha value is -2.90. The molecule has 0 saturated heterocycles. The molecule has 2 aromatic heterocycles. The number of halogens is 2. The van der Waals surface area contributed by atoms with Crippen molar-refractivity contribution in [2.75, 3.05) is 5.32 Å². The zero-order valence-corrected chi connectivity index (χ0v) is 16.7. The van der Waals surface area contributed by atoms with Crippen LogP contribution in [0.1, 0.15) is 21.8 Å². The largest absolute Gasteiger partial charge is 0.461 e. The molecule has 0 aliphatic heterocycles. The summed E-state index contributed by atoms with van der Waals surface area (Å²) in [4.78, 5) is 17.0. The molecular formula is C20H13BrClN3O3. The Morgan fingerprint density at radius 1 is 1.14 bits per heavy atom. The Kier molecular flexibility index (Phi) is 5.27. The van der Waals surface area contributed by atoms with Crippen molar-refractivity contribution in [1.82, 2.24) is 10.1 Å². The van der Waals surface area contributed by atoms with Crippen LogP contribution in [0, 0.1) is 0 Å². The molecule has 8 heteroatoms. The molecule has 4 rings (SSSR count). The van der Waals surface area contributed by atoms with Gasteiger partial charge in [-0.05, 0) is 42.0 Å². The topological polar surface area (TPSA) is 81.2 Å². The molecule has 0 spiro atoms. The predicted octanol–water partition coefficient (Wildman–Crippen LogP) is 5.59. The van der Waals surface area contributed by atoms with Crippen LogP contribution in [0.15, 0.2) is 74.3 Å². The summed E-state index contributed by atoms with van der Waals surface area (Å²) in [5.74, 6) is 1.01. The summed E-state index contributed by atoms with van der Waals surface area (Å²) < 4.78 is 11.4. The molecule has 2 heterocycles. The summed E-state index contributed by atoms with van der Waals surface area (Å²) in [5.41, 5.74) is 1.85. The van der Waals surface area contributed by atoms with Crippen molar-refractivity contribution in [2.24, 2.45) is 0 Å². The van der Waals surface area contributed by atoms with Crippen molar-refractivity contribution in [3.05, 3.63) is 87.4 Å². The fraction of sp³-hybridized carbons (Fsp3) is 0.0500. The number of carbonyl (C=O) groups is 1. The molecule has 0 atom stereocenters. The van der Waals surface area contributed by atoms with E-state index in [4.69, 9.17) is 20.5 Å². The van der Waals surface area contributed by atoms with E-state index < -0.39 is 0 Å². The molecule has 4 aromatic rings. The number of aromatic nitrogens is 2. The number of benzene rings is 2. The van der Waals surface area contributed by atoms with Crippen LogP contribution in [0.4, 0.5) is 5.69 Å². The van der Waals surface area contributed by atoms with Crippen molar-refractivity contribution in [3.63, 3.8) is 0 Å². The molecule has 140 valence electrons. The first-order valence-corrected chi connectivity index (χ1v) is 9.48. The zero-order chi connectivity index (χ0) is 19.5. The Morgan fingerprint density at radius 3 is 2.82 bits per heavy atom. The minimum Gasteiger partial charge on any atom is -0.461 e. The molecule has 0 unspecified atom stereocenters. The summed E-state index contributed by atoms with van der Waals surface area (Å²) in [7, 11) is 0. The minimum atomic E-state index is -0.305. The zero-order valence-electron chi connectivity index (χ0n) is 14.4. The van der Waals surface area contributed by atoms with Crippen LogP contribution < -0.4 is 5.32 Å². The van der Waals surface area contributed by atoms with Crippen LogP contribution >= 0.6 is 27.5 Å². The van der Waals surface area contributed by atoms with Crippen LogP contribution in [0.25, 0.3) is 11.6 Å². The lowest BCUT2D eigenvalue weighted by molar-refractivity contribution is 0.102. The number of amides is 1. The molecule has 0 fully saturated rings. The first-order valence-electron chi connectivity index (χ1n) is 8.31. The van der Waals surface area contributed by atoms with Gasteiger partial charge in [-0.15, -0.1) is 0 Å². The lowest BCUT2D eigenvalue weighted by Gasteiger charge is -2.11. The number of para-hydroxylation sites is 1. The summed E-state index contributed by atoms with van der Waals surface area (Å²) in [6.45, 7) is 0. The highest BCUT2D eigenvalue weighted by Crippen LogP contribution is 2.25. The van der Waals surface area contributed by atoms with Crippen LogP contribution in [-0.2, 0) is 6.42 Å². The summed E-state index contributed by atoms with van der Waals surface area (Å²) >= 11 is 9.51. The van der Waals surface area contributed by atoms with Gasteiger partial charge in [0.1, 0.15) is 0 Å². The van der Waals surface area contributed by atoms with Gasteiger partial charge in [-0.3, -0.25) is 4.79 Å². The van der Waals surface area contributed by atoms with Gasteiger partial charge in [0, 0.05) is 10.2 Å². The van der Waals surface area contributed by atoms with Crippen LogP contribution in [-0.4, -0.2) is 16.0 Å². The number of nitrogens with zero attached hydrogens (tertiary/aromatic N) is 2. The third-order valence-corrected chi connectivity index (χ3v) is 4.81. The molecule has 28 heavy (non-hydrogen) atoms. The summed E-state index contributed by atoms with van der Waals surface area (Å²) in [6, 6.07) is 16.0. The Morgan fingerprint density at radius 2 is 2.00 bits per heavy atom. The molecular weight excluding hydrogens is 446 g/mol. The standard InChI is InChI=1S/C20H13BrClN3O3/c21-13-7-8-15(22)14(11-13)20(26)23-16-5-2-1-4-12(16)10-18-24-19(25-28-18)17-6-3-9-27-17/h1-9,11H,10H2,(H,23,26). The molecule has 0 aliphatic carbocycles. The number of anilines is 1. The molecule has 0 aliphatic rings. The highest BCUT2D eigenvalue weighted by molar-refractivity contribution is 9.10. The maximum absolute atomic E-state index is 12.7. The van der Waals surface area contributed by atoms with E-state index in [0.29, 0.717) is 40.2 Å². The van der Waals surface area contributed by atoms with Gasteiger partial charge in [-0.1, -0.05) is 50.9 Å². The van der Waals surface area contributed by atoms with E-state index in [9.17, 15) is 4.79 Å². The number of hydrogen-bond acceptors (Lipinski definition) is 5. The lowest BCUT2D eigenvalue weighted by atomic mass is 10.1. The van der Waals surface area contributed by atoms with Crippen molar-refractivity contribution in [3.8, 4) is 11.6 Å². The smallest absolute Gasteiger partial charge is 0.257 e. The van der Waals surface area contributed by atoms with E-state index in [0.717, 1.165) is 10.0 Å². The van der Waals surface area contributed by atoms with Gasteiger partial charge in [0.2, 0.25) is 11.7 Å². The van der Waals surface area contributed by atoms with Gasteiger partial charge >= 0.3 is 0 Å². The van der Waals surface area contributed by atoms with Crippen LogP contribution in [0.2, 0.25) is 5.02 Å². The third kappa shape index (κ3) is 4.00. The number of furan rings is 1. The predicted molar refractivity (Wildman–Crippen MR) is 108 cm³/mol. The Bertz CT molecular complexity index is 1130. The average Bonchev–Trinajstić information content (AvgIpc) is 3.37. The molecule has 1 N–H and O–H groups in total. The summed E-state index contributed by atoms with van der Waals surface area (Å²) in [6.07, 6.45) is 1.90. The highest BCUT2D eigenvalue weighted by Gasteiger charge is 2.16. The Balaban J connectivity index is 1.56. The summed E-state index contributed by atoms with van der Waals surface area (Å²) in [5, 5.41) is 7.19. The molecule has 0 saturated carbocycles. The molecule has 0 bridgehead atoms. The van der Waals surface area contributed by atoms with E-state index in [1.807, 2.05) is 24.3 Å². The molecule has 2 aromatic carbocycles. The second kappa shape index (κ2) is 8.00. The number of nitrogens with one attached hydrogen (secondary N) is 1. The lowest BCUT2D eigenvalue weighted by Crippen LogP contribution is -2.14. The van der Waals surface area contributed by atoms with Crippen molar-refractivity contribution in [2.45, 2.75) is 6.42 Å². The first-order chi connectivity index (χ1) is 13.6. The van der Waals surface area contributed by atoms with Crippen molar-refractivity contribution in [1.29, 1.82) is 0 Å². The van der Waals surface area contributed by atoms with E-state index in [1.165, 1.54) is 0 Å². The number of carbonyl (C=O) groups excluding carboxylic acids is 1. The number of hydrogen-bond donors (Lipinski definition) is 1. The van der Waals surface area contributed by atoms with Crippen LogP contribution in [0.5, 0.6) is 0 Å². The van der Waals surface area contributed by atoms with Gasteiger partial charge in [-0.25, -0.2) is 0 Å². The second-order valence-electron chi connectivity index (χ2n) is 5.90. The highest BCUT2D eigenvalue weighted by atomic mass is 79.9. The second-order valence-corrected chi connectivity index (χ2v) is 7.22. The van der Waals surface area contributed by atoms with E-state index in [-0.39, 0.29) is 5.91 Å². The van der Waals surface area contributed by atoms with Gasteiger partial charge in [0.05, 0.1) is 23.3 Å². The molecule has 0 radical (unpaired) electrons. The maximum Gasteiger partial charge on any atom is 0.257 e. The number of rotatable bonds is 5. The SMILES string of the molecule is O=C(Nc1ccccc1Cc1nc(-c2ccco2)no1)c1cc(Br)ccc1Cl. The van der Waals surface area contributed by atoms with E-state index in [2.05, 4.69) is 31.4 Å². The molecule has 1 amide bonds. The van der Waals surface area contributed by atoms with Gasteiger partial charge in [-0.2, -0.15) is 4.98 Å². The fourth-order valence-corrected chi connectivity index (χ4v) is 3.22. The normalized spacial score (nSPS) is 10.8. The Labute approximate surface area is 173 Å². The van der Waals surface area contributed by atoms with Crippen molar-refractivity contribution >= 4 is 39.1 Å². The maximum atomic E-state index is 12.7. The van der Waals surface area contributed by atoms with Gasteiger partial charge in [0.25, 0.3) is 5.91 Å². The van der Waals surface area contributed by atoms with Crippen LogP contribution in [0.3, 0.4) is 0 Å². The van der Waals surface area contributed by atoms with Crippen molar-refractivity contribution < 1.29 is 13.7 Å². The van der Waals surface area contributed by atoms with E-state index >= 15 is 0 Å². The average molecular weight is 459 g/mol. The first kappa shape index (κ1) is 18.5. The monoisotopic (exact) mass is 457 g/mol. The minimum absolute atomic E-state index is 0.305. The van der Waals surface area contributed by atoms with Gasteiger partial charge in [0.15, 0.2) is 5.76 Å².